The molecular formula is C16H22N2OS. The lowest BCUT2D eigenvalue weighted by Gasteiger charge is -2.32. The Hall–Kier alpha value is -1.000. The lowest BCUT2D eigenvalue weighted by Crippen LogP contribution is -2.44. The summed E-state index contributed by atoms with van der Waals surface area (Å²) >= 11 is 1.95. The first-order chi connectivity index (χ1) is 9.74. The molecule has 20 heavy (non-hydrogen) atoms. The monoisotopic (exact) mass is 290 g/mol. The molecule has 4 heteroatoms. The third-order valence-corrected chi connectivity index (χ3v) is 5.21. The smallest absolute Gasteiger partial charge is 0.228 e. The van der Waals surface area contributed by atoms with E-state index in [1.54, 1.807) is 0 Å². The Labute approximate surface area is 125 Å². The minimum Gasteiger partial charge on any atom is -0.312 e. The van der Waals surface area contributed by atoms with Gasteiger partial charge in [0.05, 0.1) is 0 Å². The van der Waals surface area contributed by atoms with Gasteiger partial charge in [0.25, 0.3) is 0 Å². The second kappa shape index (κ2) is 6.19. The first-order valence-electron chi connectivity index (χ1n) is 7.45. The fourth-order valence-electron chi connectivity index (χ4n) is 3.06. The Bertz CT molecular complexity index is 497. The summed E-state index contributed by atoms with van der Waals surface area (Å²) < 4.78 is 0. The number of carbonyl (C=O) groups excluding carboxylic acids is 1. The third-order valence-electron chi connectivity index (χ3n) is 4.07. The van der Waals surface area contributed by atoms with Crippen LogP contribution in [0.5, 0.6) is 0 Å². The first kappa shape index (κ1) is 14.0. The van der Waals surface area contributed by atoms with Crippen LogP contribution in [-0.4, -0.2) is 36.5 Å². The van der Waals surface area contributed by atoms with Gasteiger partial charge in [0.2, 0.25) is 5.91 Å². The number of amides is 1. The molecule has 0 saturated carbocycles. The van der Waals surface area contributed by atoms with Crippen molar-refractivity contribution in [2.75, 3.05) is 29.5 Å². The van der Waals surface area contributed by atoms with Crippen LogP contribution in [0.4, 0.5) is 5.69 Å². The van der Waals surface area contributed by atoms with Crippen molar-refractivity contribution in [3.8, 4) is 0 Å². The van der Waals surface area contributed by atoms with Gasteiger partial charge < -0.3 is 10.2 Å². The predicted octanol–water partition coefficient (Wildman–Crippen LogP) is 2.37. The predicted molar refractivity (Wildman–Crippen MR) is 85.6 cm³/mol. The maximum atomic E-state index is 12.6. The van der Waals surface area contributed by atoms with Crippen molar-refractivity contribution in [1.29, 1.82) is 0 Å². The van der Waals surface area contributed by atoms with Gasteiger partial charge in [0.1, 0.15) is 0 Å². The number of fused-ring (bicyclic) bond motifs is 1. The van der Waals surface area contributed by atoms with Crippen LogP contribution in [0.1, 0.15) is 24.0 Å². The molecule has 0 bridgehead atoms. The van der Waals surface area contributed by atoms with Gasteiger partial charge in [-0.2, -0.15) is 11.8 Å². The number of rotatable bonds is 2. The highest BCUT2D eigenvalue weighted by atomic mass is 32.2. The van der Waals surface area contributed by atoms with Crippen LogP contribution in [0.2, 0.25) is 0 Å². The molecule has 1 N–H and O–H groups in total. The Kier molecular flexibility index (Phi) is 4.32. The zero-order valence-electron chi connectivity index (χ0n) is 12.0. The molecule has 1 amide bonds. The molecule has 1 unspecified atom stereocenters. The summed E-state index contributed by atoms with van der Waals surface area (Å²) in [5, 5.41) is 3.45. The summed E-state index contributed by atoms with van der Waals surface area (Å²) in [6.07, 6.45) is 2.80. The van der Waals surface area contributed by atoms with E-state index in [9.17, 15) is 4.79 Å². The van der Waals surface area contributed by atoms with Crippen molar-refractivity contribution in [3.63, 3.8) is 0 Å². The topological polar surface area (TPSA) is 32.3 Å². The van der Waals surface area contributed by atoms with E-state index >= 15 is 0 Å². The lowest BCUT2D eigenvalue weighted by atomic mass is 9.99. The molecule has 2 aliphatic heterocycles. The Morgan fingerprint density at radius 3 is 3.20 bits per heavy atom. The molecule has 1 fully saturated rings. The van der Waals surface area contributed by atoms with Gasteiger partial charge in [-0.15, -0.1) is 0 Å². The van der Waals surface area contributed by atoms with Crippen LogP contribution in [-0.2, 0) is 11.2 Å². The maximum absolute atomic E-state index is 12.6. The van der Waals surface area contributed by atoms with Gasteiger partial charge in [-0.3, -0.25) is 4.79 Å². The number of thioether (sulfide) groups is 1. The average molecular weight is 290 g/mol. The summed E-state index contributed by atoms with van der Waals surface area (Å²) in [5.74, 6) is 2.49. The van der Waals surface area contributed by atoms with Crippen molar-refractivity contribution in [1.82, 2.24) is 5.32 Å². The van der Waals surface area contributed by atoms with Crippen LogP contribution in [0.25, 0.3) is 0 Å². The first-order valence-corrected chi connectivity index (χ1v) is 8.60. The number of nitrogens with zero attached hydrogens (tertiary/aromatic N) is 1. The summed E-state index contributed by atoms with van der Waals surface area (Å²) in [6, 6.07) is 6.80. The highest BCUT2D eigenvalue weighted by Gasteiger charge is 2.25. The fourth-order valence-corrected chi connectivity index (χ4v) is 4.01. The molecule has 2 aliphatic rings. The molecule has 3 rings (SSSR count). The quantitative estimate of drug-likeness (QED) is 0.907. The van der Waals surface area contributed by atoms with Gasteiger partial charge in [-0.05, 0) is 31.4 Å². The van der Waals surface area contributed by atoms with Crippen LogP contribution in [0.3, 0.4) is 0 Å². The van der Waals surface area contributed by atoms with Crippen molar-refractivity contribution >= 4 is 23.4 Å². The third kappa shape index (κ3) is 3.01. The molecule has 1 aromatic rings. The summed E-state index contributed by atoms with van der Waals surface area (Å²) in [7, 11) is 0. The van der Waals surface area contributed by atoms with Crippen molar-refractivity contribution < 1.29 is 4.79 Å². The summed E-state index contributed by atoms with van der Waals surface area (Å²) in [5.41, 5.74) is 3.74. The molecule has 1 aromatic carbocycles. The number of hydrogen-bond donors (Lipinski definition) is 1. The van der Waals surface area contributed by atoms with Gasteiger partial charge in [-0.1, -0.05) is 17.7 Å². The largest absolute Gasteiger partial charge is 0.312 e. The zero-order chi connectivity index (χ0) is 13.9. The molecule has 108 valence electrons. The van der Waals surface area contributed by atoms with Crippen LogP contribution in [0.15, 0.2) is 18.2 Å². The number of aryl methyl sites for hydroxylation is 2. The Balaban J connectivity index is 1.72. The van der Waals surface area contributed by atoms with Gasteiger partial charge in [-0.25, -0.2) is 0 Å². The van der Waals surface area contributed by atoms with Crippen LogP contribution < -0.4 is 10.2 Å². The van der Waals surface area contributed by atoms with E-state index in [1.807, 2.05) is 16.7 Å². The summed E-state index contributed by atoms with van der Waals surface area (Å²) in [4.78, 5) is 14.6. The lowest BCUT2D eigenvalue weighted by molar-refractivity contribution is -0.119. The number of nitrogens with one attached hydrogen (secondary N) is 1. The standard InChI is InChI=1S/C16H22N2OS/c1-12-4-5-15-13(9-12)3-2-7-18(15)16(19)10-14-11-20-8-6-17-14/h4-5,9,14,17H,2-3,6-8,10-11H2,1H3. The molecular weight excluding hydrogens is 268 g/mol. The molecule has 2 heterocycles. The molecule has 1 atom stereocenters. The normalized spacial score (nSPS) is 22.4. The van der Waals surface area contributed by atoms with Crippen molar-refractivity contribution in [2.45, 2.75) is 32.2 Å². The van der Waals surface area contributed by atoms with E-state index < -0.39 is 0 Å². The van der Waals surface area contributed by atoms with E-state index in [4.69, 9.17) is 0 Å². The van der Waals surface area contributed by atoms with Crippen LogP contribution in [0, 0.1) is 6.92 Å². The van der Waals surface area contributed by atoms with Crippen LogP contribution >= 0.6 is 11.8 Å². The average Bonchev–Trinajstić information content (AvgIpc) is 2.47. The van der Waals surface area contributed by atoms with E-state index in [0.29, 0.717) is 12.5 Å². The van der Waals surface area contributed by atoms with Gasteiger partial charge in [0.15, 0.2) is 0 Å². The molecule has 3 nitrogen and oxygen atoms in total. The molecule has 0 spiro atoms. The minimum absolute atomic E-state index is 0.273. The SMILES string of the molecule is Cc1ccc2c(c1)CCCN2C(=O)CC1CSCCN1. The molecule has 0 aliphatic carbocycles. The molecule has 0 aromatic heterocycles. The van der Waals surface area contributed by atoms with E-state index in [-0.39, 0.29) is 5.91 Å². The maximum Gasteiger partial charge on any atom is 0.228 e. The van der Waals surface area contributed by atoms with E-state index in [0.717, 1.165) is 43.1 Å². The zero-order valence-corrected chi connectivity index (χ0v) is 12.8. The highest BCUT2D eigenvalue weighted by molar-refractivity contribution is 7.99. The fraction of sp³-hybridized carbons (Fsp3) is 0.562. The van der Waals surface area contributed by atoms with Crippen molar-refractivity contribution in [2.24, 2.45) is 0 Å². The van der Waals surface area contributed by atoms with E-state index in [1.165, 1.54) is 11.1 Å². The number of benzene rings is 1. The Morgan fingerprint density at radius 1 is 1.50 bits per heavy atom. The number of anilines is 1. The number of hydrogen-bond acceptors (Lipinski definition) is 3. The highest BCUT2D eigenvalue weighted by Crippen LogP contribution is 2.28. The second-order valence-corrected chi connectivity index (χ2v) is 6.86. The molecule has 1 saturated heterocycles. The Morgan fingerprint density at radius 2 is 2.40 bits per heavy atom. The second-order valence-electron chi connectivity index (χ2n) is 5.71. The number of carbonyl (C=O) groups is 1. The van der Waals surface area contributed by atoms with E-state index in [2.05, 4.69) is 30.4 Å². The summed E-state index contributed by atoms with van der Waals surface area (Å²) in [6.45, 7) is 4.01. The van der Waals surface area contributed by atoms with Crippen molar-refractivity contribution in [3.05, 3.63) is 29.3 Å². The minimum atomic E-state index is 0.273. The van der Waals surface area contributed by atoms with Gasteiger partial charge in [0, 0.05) is 42.7 Å². The molecule has 0 radical (unpaired) electrons. The van der Waals surface area contributed by atoms with Gasteiger partial charge >= 0.3 is 0 Å².